The highest BCUT2D eigenvalue weighted by atomic mass is 127. The molecule has 0 heterocycles. The van der Waals surface area contributed by atoms with Gasteiger partial charge in [0.15, 0.2) is 6.61 Å². The lowest BCUT2D eigenvalue weighted by atomic mass is 10.0. The van der Waals surface area contributed by atoms with Gasteiger partial charge in [0.25, 0.3) is 5.91 Å². The number of benzene rings is 3. The van der Waals surface area contributed by atoms with Crippen molar-refractivity contribution in [2.24, 2.45) is 0 Å². The molecule has 0 saturated heterocycles. The number of ether oxygens (including phenoxy) is 1. The Hall–Kier alpha value is -2.29. The molecule has 2 amide bonds. The third kappa shape index (κ3) is 8.09. The normalized spacial score (nSPS) is 14.2. The smallest absolute Gasteiger partial charge is 0.261 e. The summed E-state index contributed by atoms with van der Waals surface area (Å²) in [6, 6.07) is 21.8. The lowest BCUT2D eigenvalue weighted by Crippen LogP contribution is -2.53. The molecule has 1 atom stereocenters. The van der Waals surface area contributed by atoms with Gasteiger partial charge in [-0.1, -0.05) is 72.4 Å². The molecule has 3 aromatic carbocycles. The van der Waals surface area contributed by atoms with Crippen LogP contribution in [0.1, 0.15) is 36.8 Å². The largest absolute Gasteiger partial charge is 0.484 e. The molecular weight excluding hydrogens is 622 g/mol. The molecule has 0 unspecified atom stereocenters. The van der Waals surface area contributed by atoms with Crippen LogP contribution in [0.25, 0.3) is 0 Å². The summed E-state index contributed by atoms with van der Waals surface area (Å²) in [7, 11) is 0. The number of halogens is 3. The molecule has 0 aliphatic heterocycles. The summed E-state index contributed by atoms with van der Waals surface area (Å²) in [6.07, 6.45) is 4.48. The molecule has 1 N–H and O–H groups in total. The summed E-state index contributed by atoms with van der Waals surface area (Å²) < 4.78 is 6.90. The molecule has 0 bridgehead atoms. The first-order chi connectivity index (χ1) is 17.9. The molecule has 0 aromatic heterocycles. The third-order valence-corrected chi connectivity index (χ3v) is 7.81. The van der Waals surface area contributed by atoms with Crippen LogP contribution in [0.3, 0.4) is 0 Å². The lowest BCUT2D eigenvalue weighted by Gasteiger charge is -2.32. The van der Waals surface area contributed by atoms with Gasteiger partial charge in [0.05, 0.1) is 0 Å². The quantitative estimate of drug-likeness (QED) is 0.249. The molecular formula is C29H29Cl2IN2O3. The van der Waals surface area contributed by atoms with Crippen LogP contribution >= 0.6 is 45.8 Å². The van der Waals surface area contributed by atoms with E-state index >= 15 is 0 Å². The second-order valence-electron chi connectivity index (χ2n) is 9.20. The predicted octanol–water partition coefficient (Wildman–Crippen LogP) is 6.68. The first-order valence-corrected chi connectivity index (χ1v) is 14.2. The van der Waals surface area contributed by atoms with Gasteiger partial charge in [0.1, 0.15) is 11.8 Å². The number of nitrogens with zero attached hydrogens (tertiary/aromatic N) is 1. The first-order valence-electron chi connectivity index (χ1n) is 12.3. The molecule has 3 aromatic rings. The van der Waals surface area contributed by atoms with Gasteiger partial charge in [-0.25, -0.2) is 0 Å². The second-order valence-corrected chi connectivity index (χ2v) is 11.3. The van der Waals surface area contributed by atoms with Crippen LogP contribution < -0.4 is 10.1 Å². The average molecular weight is 651 g/mol. The number of carbonyl (C=O) groups excluding carboxylic acids is 2. The van der Waals surface area contributed by atoms with E-state index < -0.39 is 6.04 Å². The van der Waals surface area contributed by atoms with Crippen molar-refractivity contribution in [2.75, 3.05) is 6.61 Å². The molecule has 0 spiro atoms. The Morgan fingerprint density at radius 2 is 1.70 bits per heavy atom. The fraction of sp³-hybridized carbons (Fsp3) is 0.310. The van der Waals surface area contributed by atoms with Crippen molar-refractivity contribution in [3.05, 3.63) is 97.5 Å². The van der Waals surface area contributed by atoms with Crippen LogP contribution in [0, 0.1) is 3.57 Å². The van der Waals surface area contributed by atoms with Crippen molar-refractivity contribution in [1.82, 2.24) is 10.2 Å². The Balaban J connectivity index is 1.63. The second kappa shape index (κ2) is 13.5. The fourth-order valence-electron chi connectivity index (χ4n) is 4.51. The maximum atomic E-state index is 13.7. The Labute approximate surface area is 241 Å². The van der Waals surface area contributed by atoms with E-state index in [4.69, 9.17) is 27.9 Å². The first kappa shape index (κ1) is 27.7. The molecule has 0 radical (unpaired) electrons. The average Bonchev–Trinajstić information content (AvgIpc) is 3.40. The molecule has 8 heteroatoms. The van der Waals surface area contributed by atoms with Crippen LogP contribution in [0.5, 0.6) is 5.75 Å². The summed E-state index contributed by atoms with van der Waals surface area (Å²) >= 11 is 14.8. The SMILES string of the molecule is O=C(NC1CCCC1)[C@H](Cc1ccccc1)N(Cc1ccc(Cl)cc1Cl)C(=O)COc1ccc(I)cc1. The minimum absolute atomic E-state index is 0.130. The summed E-state index contributed by atoms with van der Waals surface area (Å²) in [5, 5.41) is 4.15. The zero-order valence-corrected chi connectivity index (χ0v) is 24.0. The topological polar surface area (TPSA) is 58.6 Å². The summed E-state index contributed by atoms with van der Waals surface area (Å²) in [5.41, 5.74) is 1.67. The zero-order valence-electron chi connectivity index (χ0n) is 20.3. The van der Waals surface area contributed by atoms with E-state index in [1.54, 1.807) is 23.1 Å². The lowest BCUT2D eigenvalue weighted by molar-refractivity contribution is -0.143. The van der Waals surface area contributed by atoms with Crippen molar-refractivity contribution < 1.29 is 14.3 Å². The highest BCUT2D eigenvalue weighted by Gasteiger charge is 2.32. The molecule has 1 saturated carbocycles. The monoisotopic (exact) mass is 650 g/mol. The molecule has 1 fully saturated rings. The standard InChI is InChI=1S/C29H29Cl2IN2O3/c30-22-11-10-21(26(31)17-22)18-34(28(35)19-37-25-14-12-23(32)13-15-25)27(16-20-6-2-1-3-7-20)29(36)33-24-8-4-5-9-24/h1-3,6-7,10-15,17,24,27H,4-5,8-9,16,18-19H2,(H,33,36)/t27-/m0/s1. The van der Waals surface area contributed by atoms with E-state index in [1.165, 1.54) is 0 Å². The van der Waals surface area contributed by atoms with Gasteiger partial charge >= 0.3 is 0 Å². The minimum Gasteiger partial charge on any atom is -0.484 e. The Morgan fingerprint density at radius 1 is 1.00 bits per heavy atom. The van der Waals surface area contributed by atoms with E-state index in [0.717, 1.165) is 34.8 Å². The fourth-order valence-corrected chi connectivity index (χ4v) is 5.34. The van der Waals surface area contributed by atoms with Gasteiger partial charge in [0, 0.05) is 32.6 Å². The number of rotatable bonds is 10. The van der Waals surface area contributed by atoms with Crippen molar-refractivity contribution in [2.45, 2.75) is 50.7 Å². The Morgan fingerprint density at radius 3 is 2.38 bits per heavy atom. The highest BCUT2D eigenvalue weighted by molar-refractivity contribution is 14.1. The molecule has 1 aliphatic carbocycles. The van der Waals surface area contributed by atoms with Crippen LogP contribution in [0.4, 0.5) is 0 Å². The number of nitrogens with one attached hydrogen (secondary N) is 1. The van der Waals surface area contributed by atoms with E-state index in [-0.39, 0.29) is 31.0 Å². The van der Waals surface area contributed by atoms with Gasteiger partial charge in [0.2, 0.25) is 5.91 Å². The van der Waals surface area contributed by atoms with Crippen molar-refractivity contribution in [1.29, 1.82) is 0 Å². The Bertz CT molecular complexity index is 1200. The highest BCUT2D eigenvalue weighted by Crippen LogP contribution is 2.25. The number of carbonyl (C=O) groups is 2. The van der Waals surface area contributed by atoms with Crippen molar-refractivity contribution in [3.8, 4) is 5.75 Å². The maximum absolute atomic E-state index is 13.7. The number of amides is 2. The molecule has 5 nitrogen and oxygen atoms in total. The van der Waals surface area contributed by atoms with Gasteiger partial charge in [-0.15, -0.1) is 0 Å². The number of hydrogen-bond acceptors (Lipinski definition) is 3. The van der Waals surface area contributed by atoms with E-state index in [2.05, 4.69) is 27.9 Å². The van der Waals surface area contributed by atoms with E-state index in [1.807, 2.05) is 54.6 Å². The van der Waals surface area contributed by atoms with Crippen molar-refractivity contribution in [3.63, 3.8) is 0 Å². The van der Waals surface area contributed by atoms with E-state index in [9.17, 15) is 9.59 Å². The summed E-state index contributed by atoms with van der Waals surface area (Å²) in [6.45, 7) is -0.0474. The van der Waals surface area contributed by atoms with Crippen LogP contribution in [0.2, 0.25) is 10.0 Å². The van der Waals surface area contributed by atoms with Crippen LogP contribution in [-0.4, -0.2) is 35.4 Å². The summed E-state index contributed by atoms with van der Waals surface area (Å²) in [4.78, 5) is 29.0. The molecule has 194 valence electrons. The van der Waals surface area contributed by atoms with Crippen molar-refractivity contribution >= 4 is 57.6 Å². The number of hydrogen-bond donors (Lipinski definition) is 1. The van der Waals surface area contributed by atoms with Gasteiger partial charge in [-0.2, -0.15) is 0 Å². The molecule has 4 rings (SSSR count). The minimum atomic E-state index is -0.734. The maximum Gasteiger partial charge on any atom is 0.261 e. The zero-order chi connectivity index (χ0) is 26.2. The molecule has 1 aliphatic rings. The molecule has 37 heavy (non-hydrogen) atoms. The third-order valence-electron chi connectivity index (χ3n) is 6.50. The summed E-state index contributed by atoms with van der Waals surface area (Å²) in [5.74, 6) is 0.129. The van der Waals surface area contributed by atoms with Crippen LogP contribution in [-0.2, 0) is 22.6 Å². The van der Waals surface area contributed by atoms with Gasteiger partial charge in [-0.3, -0.25) is 9.59 Å². The Kier molecular flexibility index (Phi) is 10.1. The predicted molar refractivity (Wildman–Crippen MR) is 156 cm³/mol. The van der Waals surface area contributed by atoms with E-state index in [0.29, 0.717) is 27.8 Å². The van der Waals surface area contributed by atoms with Crippen LogP contribution in [0.15, 0.2) is 72.8 Å². The van der Waals surface area contributed by atoms with Gasteiger partial charge < -0.3 is 15.0 Å². The van der Waals surface area contributed by atoms with Gasteiger partial charge in [-0.05, 0) is 83.0 Å².